The number of carbonyl (C=O) groups is 1. The van der Waals surface area contributed by atoms with E-state index >= 15 is 0 Å². The van der Waals surface area contributed by atoms with E-state index in [1.807, 2.05) is 0 Å². The van der Waals surface area contributed by atoms with Gasteiger partial charge < -0.3 is 15.7 Å². The lowest BCUT2D eigenvalue weighted by Crippen LogP contribution is -2.28. The maximum absolute atomic E-state index is 11.7. The minimum absolute atomic E-state index is 0.00187. The Balaban J connectivity index is 1.69. The van der Waals surface area contributed by atoms with E-state index in [2.05, 4.69) is 10.6 Å². The van der Waals surface area contributed by atoms with Crippen LogP contribution in [0.5, 0.6) is 0 Å². The van der Waals surface area contributed by atoms with Crippen LogP contribution in [0.25, 0.3) is 0 Å². The molecule has 110 valence electrons. The van der Waals surface area contributed by atoms with Crippen LogP contribution in [0, 0.1) is 5.92 Å². The summed E-state index contributed by atoms with van der Waals surface area (Å²) in [5, 5.41) is 16.6. The van der Waals surface area contributed by atoms with Crippen molar-refractivity contribution in [3.8, 4) is 0 Å². The van der Waals surface area contributed by atoms with Gasteiger partial charge in [-0.25, -0.2) is 0 Å². The molecule has 2 unspecified atom stereocenters. The lowest BCUT2D eigenvalue weighted by molar-refractivity contribution is -0.121. The molecule has 1 fully saturated rings. The molecule has 1 aromatic rings. The number of hydrogen-bond donors (Lipinski definition) is 3. The molecule has 0 aromatic heterocycles. The van der Waals surface area contributed by atoms with E-state index in [1.54, 1.807) is 24.3 Å². The molecule has 2 rings (SSSR count). The fourth-order valence-electron chi connectivity index (χ4n) is 2.43. The van der Waals surface area contributed by atoms with E-state index in [1.165, 1.54) is 0 Å². The Hall–Kier alpha value is -1.10. The molecule has 1 saturated heterocycles. The highest BCUT2D eigenvalue weighted by atomic mass is 35.5. The maximum Gasteiger partial charge on any atom is 0.220 e. The molecule has 1 heterocycles. The van der Waals surface area contributed by atoms with Crippen LogP contribution in [0.1, 0.15) is 30.9 Å². The first-order chi connectivity index (χ1) is 9.65. The highest BCUT2D eigenvalue weighted by molar-refractivity contribution is 6.30. The normalized spacial score (nSPS) is 19.8. The number of nitrogens with one attached hydrogen (secondary N) is 2. The average molecular weight is 297 g/mol. The van der Waals surface area contributed by atoms with Gasteiger partial charge in [0.05, 0.1) is 6.10 Å². The number of halogens is 1. The zero-order valence-electron chi connectivity index (χ0n) is 11.4. The fraction of sp³-hybridized carbons (Fsp3) is 0.533. The van der Waals surface area contributed by atoms with Crippen LogP contribution in [-0.2, 0) is 4.79 Å². The Bertz CT molecular complexity index is 447. The monoisotopic (exact) mass is 296 g/mol. The van der Waals surface area contributed by atoms with Gasteiger partial charge >= 0.3 is 0 Å². The van der Waals surface area contributed by atoms with Crippen LogP contribution in [0.2, 0.25) is 5.02 Å². The van der Waals surface area contributed by atoms with E-state index in [4.69, 9.17) is 11.6 Å². The topological polar surface area (TPSA) is 61.4 Å². The first-order valence-electron chi connectivity index (χ1n) is 7.06. The predicted octanol–water partition coefficient (Wildman–Crippen LogP) is 1.88. The van der Waals surface area contributed by atoms with Crippen molar-refractivity contribution in [3.63, 3.8) is 0 Å². The molecule has 0 radical (unpaired) electrons. The molecule has 0 bridgehead atoms. The van der Waals surface area contributed by atoms with Crippen LogP contribution in [0.4, 0.5) is 0 Å². The van der Waals surface area contributed by atoms with E-state index in [0.717, 1.165) is 31.5 Å². The van der Waals surface area contributed by atoms with E-state index in [9.17, 15) is 9.90 Å². The van der Waals surface area contributed by atoms with E-state index in [0.29, 0.717) is 17.4 Å². The van der Waals surface area contributed by atoms with Crippen LogP contribution in [0.15, 0.2) is 24.3 Å². The molecule has 2 atom stereocenters. The molecule has 0 aliphatic carbocycles. The van der Waals surface area contributed by atoms with Gasteiger partial charge in [-0.15, -0.1) is 0 Å². The van der Waals surface area contributed by atoms with Gasteiger partial charge in [-0.05, 0) is 49.5 Å². The Morgan fingerprint density at radius 2 is 2.40 bits per heavy atom. The first-order valence-corrected chi connectivity index (χ1v) is 7.44. The Labute approximate surface area is 124 Å². The molecule has 4 nitrogen and oxygen atoms in total. The second-order valence-electron chi connectivity index (χ2n) is 5.27. The average Bonchev–Trinajstić information content (AvgIpc) is 2.95. The second kappa shape index (κ2) is 7.62. The summed E-state index contributed by atoms with van der Waals surface area (Å²) in [6, 6.07) is 7.05. The summed E-state index contributed by atoms with van der Waals surface area (Å²) in [6.45, 7) is 2.29. The van der Waals surface area contributed by atoms with E-state index < -0.39 is 6.10 Å². The highest BCUT2D eigenvalue weighted by Crippen LogP contribution is 2.17. The fourth-order valence-corrected chi connectivity index (χ4v) is 2.63. The van der Waals surface area contributed by atoms with Crippen LogP contribution < -0.4 is 10.6 Å². The third kappa shape index (κ3) is 4.78. The van der Waals surface area contributed by atoms with Crippen molar-refractivity contribution in [2.45, 2.75) is 25.4 Å². The van der Waals surface area contributed by atoms with Crippen molar-refractivity contribution >= 4 is 17.5 Å². The molecule has 5 heteroatoms. The lowest BCUT2D eigenvalue weighted by Gasteiger charge is -2.13. The lowest BCUT2D eigenvalue weighted by atomic mass is 10.0. The highest BCUT2D eigenvalue weighted by Gasteiger charge is 2.16. The van der Waals surface area contributed by atoms with Gasteiger partial charge in [0.1, 0.15) is 0 Å². The first kappa shape index (κ1) is 15.3. The summed E-state index contributed by atoms with van der Waals surface area (Å²) < 4.78 is 0. The Morgan fingerprint density at radius 1 is 1.55 bits per heavy atom. The molecular weight excluding hydrogens is 276 g/mol. The molecule has 3 N–H and O–H groups in total. The molecule has 1 amide bonds. The molecular formula is C15H21ClN2O2. The minimum atomic E-state index is -0.717. The van der Waals surface area contributed by atoms with Crippen molar-refractivity contribution < 1.29 is 9.90 Å². The number of hydrogen-bond acceptors (Lipinski definition) is 3. The van der Waals surface area contributed by atoms with Crippen LogP contribution >= 0.6 is 11.6 Å². The standard InChI is InChI=1S/C15H21ClN2O2/c16-13-3-1-2-12(8-13)14(19)10-18-15(20)5-4-11-6-7-17-9-11/h1-3,8,11,14,17,19H,4-7,9-10H2,(H,18,20). The predicted molar refractivity (Wildman–Crippen MR) is 79.6 cm³/mol. The van der Waals surface area contributed by atoms with Crippen molar-refractivity contribution in [3.05, 3.63) is 34.9 Å². The van der Waals surface area contributed by atoms with Crippen molar-refractivity contribution in [2.75, 3.05) is 19.6 Å². The van der Waals surface area contributed by atoms with Gasteiger partial charge in [-0.3, -0.25) is 4.79 Å². The van der Waals surface area contributed by atoms with Crippen LogP contribution in [0.3, 0.4) is 0 Å². The zero-order valence-corrected chi connectivity index (χ0v) is 12.2. The van der Waals surface area contributed by atoms with Gasteiger partial charge in [0.15, 0.2) is 0 Å². The SMILES string of the molecule is O=C(CCC1CCNC1)NCC(O)c1cccc(Cl)c1. The number of carbonyl (C=O) groups excluding carboxylic acids is 1. The maximum atomic E-state index is 11.7. The Morgan fingerprint density at radius 3 is 3.10 bits per heavy atom. The molecule has 0 spiro atoms. The minimum Gasteiger partial charge on any atom is -0.387 e. The largest absolute Gasteiger partial charge is 0.387 e. The zero-order chi connectivity index (χ0) is 14.4. The third-order valence-corrected chi connectivity index (χ3v) is 3.90. The van der Waals surface area contributed by atoms with Crippen LogP contribution in [-0.4, -0.2) is 30.6 Å². The second-order valence-corrected chi connectivity index (χ2v) is 5.71. The van der Waals surface area contributed by atoms with Crippen molar-refractivity contribution in [1.29, 1.82) is 0 Å². The number of amides is 1. The quantitative estimate of drug-likeness (QED) is 0.751. The summed E-state index contributed by atoms with van der Waals surface area (Å²) in [7, 11) is 0. The summed E-state index contributed by atoms with van der Waals surface area (Å²) in [5.74, 6) is 0.608. The molecule has 0 saturated carbocycles. The van der Waals surface area contributed by atoms with Crippen molar-refractivity contribution in [2.24, 2.45) is 5.92 Å². The Kier molecular flexibility index (Phi) is 5.83. The van der Waals surface area contributed by atoms with Gasteiger partial charge in [-0.2, -0.15) is 0 Å². The van der Waals surface area contributed by atoms with Crippen molar-refractivity contribution in [1.82, 2.24) is 10.6 Å². The summed E-state index contributed by atoms with van der Waals surface area (Å²) in [4.78, 5) is 11.7. The number of aliphatic hydroxyl groups is 1. The van der Waals surface area contributed by atoms with Gasteiger partial charge in [-0.1, -0.05) is 23.7 Å². The summed E-state index contributed by atoms with van der Waals surface area (Å²) in [5.41, 5.74) is 0.720. The van der Waals surface area contributed by atoms with Gasteiger partial charge in [0.25, 0.3) is 0 Å². The number of benzene rings is 1. The van der Waals surface area contributed by atoms with Gasteiger partial charge in [0, 0.05) is 18.0 Å². The molecule has 1 aliphatic heterocycles. The van der Waals surface area contributed by atoms with E-state index in [-0.39, 0.29) is 12.5 Å². The number of aliphatic hydroxyl groups excluding tert-OH is 1. The molecule has 1 aliphatic rings. The summed E-state index contributed by atoms with van der Waals surface area (Å²) >= 11 is 5.87. The van der Waals surface area contributed by atoms with Gasteiger partial charge in [0.2, 0.25) is 5.91 Å². The third-order valence-electron chi connectivity index (χ3n) is 3.67. The molecule has 1 aromatic carbocycles. The molecule has 20 heavy (non-hydrogen) atoms. The number of rotatable bonds is 6. The summed E-state index contributed by atoms with van der Waals surface area (Å²) in [6.07, 6.45) is 1.87. The smallest absolute Gasteiger partial charge is 0.220 e.